The molecule has 0 aromatic carbocycles. The lowest BCUT2D eigenvalue weighted by Crippen LogP contribution is -2.30. The monoisotopic (exact) mass is 1540 g/mol. The third-order valence-corrected chi connectivity index (χ3v) is 22.1. The molecule has 0 aromatic rings. The number of aliphatic hydroxyl groups is 1. The molecule has 0 heterocycles. The van der Waals surface area contributed by atoms with Crippen molar-refractivity contribution in [1.82, 2.24) is 0 Å². The van der Waals surface area contributed by atoms with Crippen molar-refractivity contribution in [2.24, 2.45) is 11.8 Å². The van der Waals surface area contributed by atoms with Crippen molar-refractivity contribution in [3.63, 3.8) is 0 Å². The van der Waals surface area contributed by atoms with E-state index in [1.807, 2.05) is 0 Å². The van der Waals surface area contributed by atoms with E-state index in [4.69, 9.17) is 37.0 Å². The first-order valence-corrected chi connectivity index (χ1v) is 47.5. The number of unbranched alkanes of at least 4 members (excludes halogenated alkanes) is 55. The number of carbonyl (C=O) groups is 4. The lowest BCUT2D eigenvalue weighted by Gasteiger charge is -2.21. The van der Waals surface area contributed by atoms with Crippen LogP contribution in [0.4, 0.5) is 0 Å². The van der Waals surface area contributed by atoms with Crippen LogP contribution in [0.5, 0.6) is 0 Å². The maximum atomic E-state index is 13.1. The Balaban J connectivity index is 5.22. The predicted molar refractivity (Wildman–Crippen MR) is 432 cm³/mol. The van der Waals surface area contributed by atoms with Crippen molar-refractivity contribution in [3.8, 4) is 0 Å². The summed E-state index contributed by atoms with van der Waals surface area (Å²) in [5.74, 6) is -0.623. The molecule has 0 aromatic heterocycles. The molecule has 0 aliphatic rings. The van der Waals surface area contributed by atoms with Gasteiger partial charge in [-0.1, -0.05) is 408 Å². The van der Waals surface area contributed by atoms with Gasteiger partial charge in [-0.05, 0) is 37.5 Å². The van der Waals surface area contributed by atoms with Crippen LogP contribution in [0.3, 0.4) is 0 Å². The van der Waals surface area contributed by atoms with Crippen molar-refractivity contribution in [2.75, 3.05) is 39.6 Å². The standard InChI is InChI=1S/C86H168O17P2/c1-7-9-11-13-15-17-19-21-23-25-27-28-30-32-34-36-41-45-51-58-64-70-85(90)102-81(74-96-83(88)68-62-56-50-44-40-35-33-31-29-26-24-22-20-18-16-14-12-10-8-2)76-100-104(92,93)98-72-80(87)73-99-105(94,95)101-77-82(75-97-84(89)69-63-57-53-47-49-55-61-67-79(5)6)103-86(91)71-65-59-52-46-42-38-37-39-43-48-54-60-66-78(3)4/h78-82,87H,7-77H2,1-6H3,(H,92,93)(H,94,95)/t80-,81-,82-/m1/s1. The summed E-state index contributed by atoms with van der Waals surface area (Å²) in [6.45, 7) is 9.62. The average Bonchev–Trinajstić information content (AvgIpc) is 0.911. The zero-order valence-corrected chi connectivity index (χ0v) is 70.8. The molecule has 5 atom stereocenters. The van der Waals surface area contributed by atoms with Gasteiger partial charge in [0.15, 0.2) is 12.2 Å². The highest BCUT2D eigenvalue weighted by Gasteiger charge is 2.30. The molecule has 19 heteroatoms. The Morgan fingerprint density at radius 1 is 0.257 bits per heavy atom. The van der Waals surface area contributed by atoms with Crippen molar-refractivity contribution in [3.05, 3.63) is 0 Å². The second kappa shape index (κ2) is 77.4. The van der Waals surface area contributed by atoms with Gasteiger partial charge in [0.05, 0.1) is 26.4 Å². The van der Waals surface area contributed by atoms with Crippen LogP contribution in [-0.2, 0) is 65.4 Å². The maximum Gasteiger partial charge on any atom is 0.472 e. The molecule has 0 bridgehead atoms. The molecular weight excluding hydrogens is 1370 g/mol. The molecule has 3 N–H and O–H groups in total. The van der Waals surface area contributed by atoms with Gasteiger partial charge >= 0.3 is 39.5 Å². The fourth-order valence-corrected chi connectivity index (χ4v) is 15.0. The molecule has 0 saturated heterocycles. The highest BCUT2D eigenvalue weighted by atomic mass is 31.2. The second-order valence-corrected chi connectivity index (χ2v) is 34.8. The van der Waals surface area contributed by atoms with E-state index in [1.54, 1.807) is 0 Å². The predicted octanol–water partition coefficient (Wildman–Crippen LogP) is 26.2. The lowest BCUT2D eigenvalue weighted by molar-refractivity contribution is -0.161. The number of hydrogen-bond donors (Lipinski definition) is 3. The Labute approximate surface area is 645 Å². The van der Waals surface area contributed by atoms with Gasteiger partial charge in [0.1, 0.15) is 19.3 Å². The first kappa shape index (κ1) is 103. The molecule has 0 fully saturated rings. The van der Waals surface area contributed by atoms with E-state index in [2.05, 4.69) is 41.5 Å². The maximum absolute atomic E-state index is 13.1. The van der Waals surface area contributed by atoms with Crippen LogP contribution in [0.15, 0.2) is 0 Å². The van der Waals surface area contributed by atoms with Crippen LogP contribution in [0.1, 0.15) is 459 Å². The molecule has 0 aliphatic carbocycles. The molecule has 0 radical (unpaired) electrons. The van der Waals surface area contributed by atoms with Crippen LogP contribution in [-0.4, -0.2) is 96.7 Å². The Morgan fingerprint density at radius 3 is 0.648 bits per heavy atom. The molecule has 0 amide bonds. The van der Waals surface area contributed by atoms with Gasteiger partial charge in [0, 0.05) is 25.7 Å². The van der Waals surface area contributed by atoms with Gasteiger partial charge in [-0.2, -0.15) is 0 Å². The van der Waals surface area contributed by atoms with Crippen molar-refractivity contribution in [1.29, 1.82) is 0 Å². The van der Waals surface area contributed by atoms with Gasteiger partial charge in [0.2, 0.25) is 0 Å². The number of phosphoric acid groups is 2. The minimum Gasteiger partial charge on any atom is -0.462 e. The number of esters is 4. The number of hydrogen-bond acceptors (Lipinski definition) is 15. The Bertz CT molecular complexity index is 2010. The van der Waals surface area contributed by atoms with Crippen LogP contribution < -0.4 is 0 Å². The molecule has 0 rings (SSSR count). The summed E-state index contributed by atoms with van der Waals surface area (Å²) in [5, 5.41) is 10.7. The number of ether oxygens (including phenoxy) is 4. The molecular formula is C86H168O17P2. The molecule has 624 valence electrons. The molecule has 0 saturated carbocycles. The summed E-state index contributed by atoms with van der Waals surface area (Å²) in [5.41, 5.74) is 0. The van der Waals surface area contributed by atoms with E-state index in [-0.39, 0.29) is 25.7 Å². The van der Waals surface area contributed by atoms with Gasteiger partial charge in [-0.15, -0.1) is 0 Å². The fourth-order valence-electron chi connectivity index (χ4n) is 13.4. The largest absolute Gasteiger partial charge is 0.472 e. The first-order chi connectivity index (χ1) is 50.9. The van der Waals surface area contributed by atoms with E-state index in [9.17, 15) is 43.2 Å². The third kappa shape index (κ3) is 79.9. The molecule has 0 spiro atoms. The molecule has 0 aliphatic heterocycles. The van der Waals surface area contributed by atoms with Crippen molar-refractivity contribution in [2.45, 2.75) is 477 Å². The highest BCUT2D eigenvalue weighted by Crippen LogP contribution is 2.45. The Hall–Kier alpha value is -1.94. The zero-order chi connectivity index (χ0) is 77.1. The number of phosphoric ester groups is 2. The van der Waals surface area contributed by atoms with E-state index < -0.39 is 97.5 Å². The summed E-state index contributed by atoms with van der Waals surface area (Å²) in [7, 11) is -9.93. The minimum atomic E-state index is -4.97. The van der Waals surface area contributed by atoms with Crippen molar-refractivity contribution >= 4 is 39.5 Å². The Morgan fingerprint density at radius 2 is 0.438 bits per heavy atom. The van der Waals surface area contributed by atoms with Gasteiger partial charge in [-0.25, -0.2) is 9.13 Å². The third-order valence-electron chi connectivity index (χ3n) is 20.2. The smallest absolute Gasteiger partial charge is 0.462 e. The summed E-state index contributed by atoms with van der Waals surface area (Å²) >= 11 is 0. The fraction of sp³-hybridized carbons (Fsp3) is 0.953. The quantitative estimate of drug-likeness (QED) is 0.0222. The summed E-state index contributed by atoms with van der Waals surface area (Å²) < 4.78 is 68.9. The van der Waals surface area contributed by atoms with E-state index in [0.29, 0.717) is 31.6 Å². The highest BCUT2D eigenvalue weighted by molar-refractivity contribution is 7.47. The van der Waals surface area contributed by atoms with E-state index >= 15 is 0 Å². The van der Waals surface area contributed by atoms with Gasteiger partial charge in [0.25, 0.3) is 0 Å². The second-order valence-electron chi connectivity index (χ2n) is 31.9. The van der Waals surface area contributed by atoms with Gasteiger partial charge < -0.3 is 33.8 Å². The molecule has 105 heavy (non-hydrogen) atoms. The van der Waals surface area contributed by atoms with E-state index in [1.165, 1.54) is 270 Å². The lowest BCUT2D eigenvalue weighted by atomic mass is 10.0. The topological polar surface area (TPSA) is 237 Å². The van der Waals surface area contributed by atoms with Crippen molar-refractivity contribution < 1.29 is 80.2 Å². The number of rotatable bonds is 85. The summed E-state index contributed by atoms with van der Waals surface area (Å²) in [4.78, 5) is 73.2. The first-order valence-electron chi connectivity index (χ1n) is 44.5. The SMILES string of the molecule is CCCCCCCCCCCCCCCCCCCCCCCC(=O)O[C@H](COC(=O)CCCCCCCCCCCCCCCCCCCCC)COP(=O)(O)OC[C@@H](O)COP(=O)(O)OC[C@@H](COC(=O)CCCCCCCCCC(C)C)OC(=O)CCCCCCCCCCCCCCC(C)C. The summed E-state index contributed by atoms with van der Waals surface area (Å²) in [6.07, 6.45) is 69.6. The summed E-state index contributed by atoms with van der Waals surface area (Å²) in [6, 6.07) is 0. The number of carbonyl (C=O) groups excluding carboxylic acids is 4. The van der Waals surface area contributed by atoms with Crippen LogP contribution in [0.25, 0.3) is 0 Å². The average molecular weight is 1540 g/mol. The van der Waals surface area contributed by atoms with Gasteiger partial charge in [-0.3, -0.25) is 37.3 Å². The van der Waals surface area contributed by atoms with Crippen LogP contribution in [0, 0.1) is 11.8 Å². The number of aliphatic hydroxyl groups excluding tert-OH is 1. The molecule has 17 nitrogen and oxygen atoms in total. The molecule has 2 unspecified atom stereocenters. The minimum absolute atomic E-state index is 0.106. The Kier molecular flexibility index (Phi) is 76.0. The van der Waals surface area contributed by atoms with Crippen LogP contribution in [0.2, 0.25) is 0 Å². The van der Waals surface area contributed by atoms with Crippen LogP contribution >= 0.6 is 15.6 Å². The normalized spacial score (nSPS) is 13.8. The van der Waals surface area contributed by atoms with E-state index in [0.717, 1.165) is 102 Å². The zero-order valence-electron chi connectivity index (χ0n) is 69.0.